The van der Waals surface area contributed by atoms with Gasteiger partial charge in [0.25, 0.3) is 5.91 Å². The van der Waals surface area contributed by atoms with Gasteiger partial charge in [0, 0.05) is 39.8 Å². The first-order valence-electron chi connectivity index (χ1n) is 13.0. The first kappa shape index (κ1) is 31.9. The molecule has 2 aromatic carbocycles. The van der Waals surface area contributed by atoms with Gasteiger partial charge >= 0.3 is 23.9 Å². The van der Waals surface area contributed by atoms with Crippen LogP contribution < -0.4 is 14.8 Å². The number of ether oxygens (including phenoxy) is 7. The Balaban J connectivity index is 1.91. The summed E-state index contributed by atoms with van der Waals surface area (Å²) in [6, 6.07) is 13.8. The summed E-state index contributed by atoms with van der Waals surface area (Å²) in [4.78, 5) is 60.3. The smallest absolute Gasteiger partial charge is 0.303 e. The minimum atomic E-state index is -1.46. The molecule has 13 heteroatoms. The number of hydrogen-bond acceptors (Lipinski definition) is 12. The molecule has 0 aromatic heterocycles. The zero-order valence-corrected chi connectivity index (χ0v) is 23.8. The Morgan fingerprint density at radius 2 is 1.38 bits per heavy atom. The van der Waals surface area contributed by atoms with Gasteiger partial charge in [-0.15, -0.1) is 0 Å². The lowest BCUT2D eigenvalue weighted by atomic mass is 9.98. The highest BCUT2D eigenvalue weighted by atomic mass is 16.7. The molecule has 1 fully saturated rings. The second kappa shape index (κ2) is 14.8. The van der Waals surface area contributed by atoms with E-state index in [1.165, 1.54) is 32.2 Å². The number of nitrogens with one attached hydrogen (secondary N) is 1. The van der Waals surface area contributed by atoms with Gasteiger partial charge in [0.15, 0.2) is 23.7 Å². The number of amides is 1. The third-order valence-corrected chi connectivity index (χ3v) is 5.91. The van der Waals surface area contributed by atoms with Crippen LogP contribution in [0.1, 0.15) is 43.6 Å². The van der Waals surface area contributed by atoms with Crippen molar-refractivity contribution < 1.29 is 57.1 Å². The van der Waals surface area contributed by atoms with Crippen molar-refractivity contribution in [2.24, 2.45) is 0 Å². The molecule has 1 aliphatic heterocycles. The Morgan fingerprint density at radius 3 is 1.98 bits per heavy atom. The van der Waals surface area contributed by atoms with Crippen LogP contribution in [0.3, 0.4) is 0 Å². The molecule has 5 atom stereocenters. The Hall–Kier alpha value is -4.65. The first-order valence-corrected chi connectivity index (χ1v) is 13.0. The summed E-state index contributed by atoms with van der Waals surface area (Å²) in [5, 5.41) is 2.82. The Bertz CT molecular complexity index is 1280. The molecule has 13 nitrogen and oxygen atoms in total. The number of rotatable bonds is 11. The van der Waals surface area contributed by atoms with Crippen molar-refractivity contribution >= 4 is 29.8 Å². The standard InChI is InChI=1S/C29H33NO12/c1-16(31)37-15-24-25(38-17(2)32)26(39-18(3)33)27(40-19(4)34)29(42-24)41-22-12-11-21(13-23(22)36-5)28(35)30-14-20-9-7-6-8-10-20/h6-13,24-27,29H,14-15H2,1-5H3,(H,30,35). The van der Waals surface area contributed by atoms with E-state index in [2.05, 4.69) is 5.32 Å². The maximum absolute atomic E-state index is 12.8. The average Bonchev–Trinajstić information content (AvgIpc) is 2.93. The molecule has 5 unspecified atom stereocenters. The molecule has 1 heterocycles. The van der Waals surface area contributed by atoms with Crippen LogP contribution in [-0.2, 0) is 49.4 Å². The fraction of sp³-hybridized carbons (Fsp3) is 0.414. The molecule has 1 saturated heterocycles. The van der Waals surface area contributed by atoms with E-state index in [4.69, 9.17) is 33.2 Å². The molecular formula is C29H33NO12. The van der Waals surface area contributed by atoms with Crippen molar-refractivity contribution in [3.05, 3.63) is 59.7 Å². The Morgan fingerprint density at radius 1 is 0.762 bits per heavy atom. The van der Waals surface area contributed by atoms with E-state index in [9.17, 15) is 24.0 Å². The largest absolute Gasteiger partial charge is 0.493 e. The zero-order chi connectivity index (χ0) is 30.8. The number of benzene rings is 2. The lowest BCUT2D eigenvalue weighted by Gasteiger charge is -2.44. The van der Waals surface area contributed by atoms with Crippen LogP contribution in [0.4, 0.5) is 0 Å². The third kappa shape index (κ3) is 8.93. The molecule has 1 amide bonds. The summed E-state index contributed by atoms with van der Waals surface area (Å²) in [5.41, 5.74) is 1.19. The summed E-state index contributed by atoms with van der Waals surface area (Å²) in [6.45, 7) is 4.44. The van der Waals surface area contributed by atoms with Crippen molar-refractivity contribution in [2.45, 2.75) is 64.9 Å². The molecule has 0 radical (unpaired) electrons. The second-order valence-electron chi connectivity index (χ2n) is 9.22. The molecule has 42 heavy (non-hydrogen) atoms. The fourth-order valence-corrected chi connectivity index (χ4v) is 4.20. The van der Waals surface area contributed by atoms with Gasteiger partial charge in [0.2, 0.25) is 12.4 Å². The molecule has 2 aromatic rings. The van der Waals surface area contributed by atoms with Crippen LogP contribution in [-0.4, -0.2) is 74.2 Å². The molecular weight excluding hydrogens is 554 g/mol. The summed E-state index contributed by atoms with van der Waals surface area (Å²) < 4.78 is 38.7. The first-order chi connectivity index (χ1) is 20.0. The SMILES string of the molecule is COc1cc(C(=O)NCc2ccccc2)ccc1OC1OC(COC(C)=O)C(OC(C)=O)C(OC(C)=O)C1OC(C)=O. The van der Waals surface area contributed by atoms with Crippen LogP contribution in [0.2, 0.25) is 0 Å². The number of methoxy groups -OCH3 is 1. The number of hydrogen-bond donors (Lipinski definition) is 1. The van der Waals surface area contributed by atoms with Crippen molar-refractivity contribution in [2.75, 3.05) is 13.7 Å². The maximum Gasteiger partial charge on any atom is 0.303 e. The molecule has 0 saturated carbocycles. The van der Waals surface area contributed by atoms with Crippen LogP contribution in [0.15, 0.2) is 48.5 Å². The minimum absolute atomic E-state index is 0.0815. The van der Waals surface area contributed by atoms with Crippen molar-refractivity contribution in [3.8, 4) is 11.5 Å². The van der Waals surface area contributed by atoms with E-state index in [0.717, 1.165) is 26.3 Å². The monoisotopic (exact) mass is 587 g/mol. The van der Waals surface area contributed by atoms with Gasteiger partial charge in [-0.25, -0.2) is 0 Å². The van der Waals surface area contributed by atoms with Crippen molar-refractivity contribution in [1.29, 1.82) is 0 Å². The van der Waals surface area contributed by atoms with Crippen LogP contribution in [0.25, 0.3) is 0 Å². The Kier molecular flexibility index (Phi) is 11.3. The highest BCUT2D eigenvalue weighted by Crippen LogP contribution is 2.35. The molecule has 0 bridgehead atoms. The van der Waals surface area contributed by atoms with Crippen LogP contribution >= 0.6 is 0 Å². The van der Waals surface area contributed by atoms with E-state index >= 15 is 0 Å². The van der Waals surface area contributed by atoms with Gasteiger partial charge in [0.05, 0.1) is 7.11 Å². The Labute approximate surface area is 242 Å². The second-order valence-corrected chi connectivity index (χ2v) is 9.22. The van der Waals surface area contributed by atoms with Gasteiger partial charge in [-0.2, -0.15) is 0 Å². The number of carbonyl (C=O) groups excluding carboxylic acids is 5. The highest BCUT2D eigenvalue weighted by Gasteiger charge is 2.53. The molecule has 1 N–H and O–H groups in total. The number of esters is 4. The number of carbonyl (C=O) groups is 5. The predicted molar refractivity (Wildman–Crippen MR) is 143 cm³/mol. The van der Waals surface area contributed by atoms with Gasteiger partial charge in [0.1, 0.15) is 12.7 Å². The minimum Gasteiger partial charge on any atom is -0.493 e. The van der Waals surface area contributed by atoms with E-state index in [1.807, 2.05) is 30.3 Å². The van der Waals surface area contributed by atoms with Gasteiger partial charge < -0.3 is 38.5 Å². The molecule has 0 spiro atoms. The summed E-state index contributed by atoms with van der Waals surface area (Å²) in [7, 11) is 1.36. The van der Waals surface area contributed by atoms with Gasteiger partial charge in [-0.1, -0.05) is 30.3 Å². The maximum atomic E-state index is 12.8. The normalized spacial score (nSPS) is 21.3. The lowest BCUT2D eigenvalue weighted by Crippen LogP contribution is -2.63. The molecule has 3 rings (SSSR count). The van der Waals surface area contributed by atoms with E-state index in [-0.39, 0.29) is 23.0 Å². The third-order valence-electron chi connectivity index (χ3n) is 5.91. The van der Waals surface area contributed by atoms with Crippen molar-refractivity contribution in [3.63, 3.8) is 0 Å². The highest BCUT2D eigenvalue weighted by molar-refractivity contribution is 5.94. The average molecular weight is 588 g/mol. The van der Waals surface area contributed by atoms with Gasteiger partial charge in [-0.3, -0.25) is 24.0 Å². The lowest BCUT2D eigenvalue weighted by molar-refractivity contribution is -0.288. The molecule has 0 aliphatic carbocycles. The van der Waals surface area contributed by atoms with E-state index < -0.39 is 61.2 Å². The summed E-state index contributed by atoms with van der Waals surface area (Å²) in [6.07, 6.45) is -6.80. The molecule has 1 aliphatic rings. The van der Waals surface area contributed by atoms with E-state index in [0.29, 0.717) is 6.54 Å². The topological polar surface area (TPSA) is 162 Å². The molecule has 226 valence electrons. The summed E-state index contributed by atoms with van der Waals surface area (Å²) >= 11 is 0. The van der Waals surface area contributed by atoms with E-state index in [1.54, 1.807) is 0 Å². The zero-order valence-electron chi connectivity index (χ0n) is 23.8. The van der Waals surface area contributed by atoms with Crippen molar-refractivity contribution in [1.82, 2.24) is 5.32 Å². The summed E-state index contributed by atoms with van der Waals surface area (Å²) in [5.74, 6) is -3.09. The quantitative estimate of drug-likeness (QED) is 0.301. The van der Waals surface area contributed by atoms with Crippen LogP contribution in [0.5, 0.6) is 11.5 Å². The van der Waals surface area contributed by atoms with Crippen LogP contribution in [0, 0.1) is 0 Å². The fourth-order valence-electron chi connectivity index (χ4n) is 4.20. The van der Waals surface area contributed by atoms with Gasteiger partial charge in [-0.05, 0) is 23.8 Å². The predicted octanol–water partition coefficient (Wildman–Crippen LogP) is 2.09.